The van der Waals surface area contributed by atoms with E-state index in [1.54, 1.807) is 7.11 Å². The van der Waals surface area contributed by atoms with Crippen LogP contribution in [0.4, 0.5) is 0 Å². The summed E-state index contributed by atoms with van der Waals surface area (Å²) in [5.41, 5.74) is -0.413. The molecular weight excluding hydrogens is 208 g/mol. The van der Waals surface area contributed by atoms with Crippen molar-refractivity contribution in [3.05, 3.63) is 0 Å². The molecule has 0 spiro atoms. The lowest BCUT2D eigenvalue weighted by molar-refractivity contribution is -0.125. The van der Waals surface area contributed by atoms with Gasteiger partial charge in [0.1, 0.15) is 11.5 Å². The summed E-state index contributed by atoms with van der Waals surface area (Å²) in [6, 6.07) is 1.97. The van der Waals surface area contributed by atoms with Crippen molar-refractivity contribution in [1.29, 1.82) is 5.26 Å². The van der Waals surface area contributed by atoms with E-state index in [1.807, 2.05) is 13.0 Å². The molecule has 5 heteroatoms. The Morgan fingerprint density at radius 3 is 2.94 bits per heavy atom. The lowest BCUT2D eigenvalue weighted by Crippen LogP contribution is -2.46. The van der Waals surface area contributed by atoms with Crippen molar-refractivity contribution >= 4 is 5.91 Å². The maximum atomic E-state index is 11.6. The molecule has 16 heavy (non-hydrogen) atoms. The summed E-state index contributed by atoms with van der Waals surface area (Å²) in [6.45, 7) is 3.37. The van der Waals surface area contributed by atoms with E-state index in [0.717, 1.165) is 6.42 Å². The van der Waals surface area contributed by atoms with Gasteiger partial charge >= 0.3 is 0 Å². The number of hydrogen-bond acceptors (Lipinski definition) is 4. The monoisotopic (exact) mass is 226 g/mol. The molecule has 1 amide bonds. The molecule has 2 atom stereocenters. The van der Waals surface area contributed by atoms with Crippen LogP contribution in [0, 0.1) is 17.2 Å². The molecule has 5 nitrogen and oxygen atoms in total. The van der Waals surface area contributed by atoms with Crippen LogP contribution >= 0.6 is 0 Å². The summed E-state index contributed by atoms with van der Waals surface area (Å²) in [4.78, 5) is 11.6. The zero-order chi connectivity index (χ0) is 12.0. The topological polar surface area (TPSA) is 71.4 Å². The molecule has 1 N–H and O–H groups in total. The van der Waals surface area contributed by atoms with Gasteiger partial charge in [0, 0.05) is 26.7 Å². The van der Waals surface area contributed by atoms with Gasteiger partial charge in [0.25, 0.3) is 0 Å². The van der Waals surface area contributed by atoms with E-state index >= 15 is 0 Å². The molecule has 2 unspecified atom stereocenters. The minimum Gasteiger partial charge on any atom is -0.378 e. The zero-order valence-electron chi connectivity index (χ0n) is 9.78. The van der Waals surface area contributed by atoms with Gasteiger partial charge in [-0.05, 0) is 6.42 Å². The Morgan fingerprint density at radius 2 is 2.50 bits per heavy atom. The van der Waals surface area contributed by atoms with Crippen LogP contribution < -0.4 is 5.32 Å². The molecule has 0 aliphatic carbocycles. The SMILES string of the molecule is CCC(C#N)C(=O)NCC1(OC)CCOC1. The number of nitrogens with one attached hydrogen (secondary N) is 1. The largest absolute Gasteiger partial charge is 0.378 e. The van der Waals surface area contributed by atoms with Crippen molar-refractivity contribution in [2.24, 2.45) is 5.92 Å². The Balaban J connectivity index is 2.44. The van der Waals surface area contributed by atoms with Crippen LogP contribution in [-0.2, 0) is 14.3 Å². The normalized spacial score (nSPS) is 26.1. The van der Waals surface area contributed by atoms with Crippen LogP contribution in [0.15, 0.2) is 0 Å². The summed E-state index contributed by atoms with van der Waals surface area (Å²) in [5, 5.41) is 11.5. The molecule has 0 saturated carbocycles. The second-order valence-corrected chi connectivity index (χ2v) is 4.00. The van der Waals surface area contributed by atoms with E-state index in [9.17, 15) is 4.79 Å². The lowest BCUT2D eigenvalue weighted by atomic mass is 10.0. The molecule has 1 aliphatic rings. The lowest BCUT2D eigenvalue weighted by Gasteiger charge is -2.26. The third-order valence-electron chi connectivity index (χ3n) is 2.97. The van der Waals surface area contributed by atoms with Gasteiger partial charge in [-0.15, -0.1) is 0 Å². The number of carbonyl (C=O) groups excluding carboxylic acids is 1. The van der Waals surface area contributed by atoms with Gasteiger partial charge in [-0.2, -0.15) is 5.26 Å². The van der Waals surface area contributed by atoms with Gasteiger partial charge in [0.15, 0.2) is 0 Å². The first-order valence-electron chi connectivity index (χ1n) is 5.47. The van der Waals surface area contributed by atoms with Crippen molar-refractivity contribution in [1.82, 2.24) is 5.32 Å². The average molecular weight is 226 g/mol. The predicted octanol–water partition coefficient (Wildman–Crippen LogP) is 0.458. The predicted molar refractivity (Wildman–Crippen MR) is 57.6 cm³/mol. The van der Waals surface area contributed by atoms with Crippen molar-refractivity contribution in [3.63, 3.8) is 0 Å². The number of ether oxygens (including phenoxy) is 2. The molecule has 1 rings (SSSR count). The first-order valence-corrected chi connectivity index (χ1v) is 5.47. The Labute approximate surface area is 95.7 Å². The van der Waals surface area contributed by atoms with Gasteiger partial charge in [-0.1, -0.05) is 6.92 Å². The van der Waals surface area contributed by atoms with Crippen LogP contribution in [0.3, 0.4) is 0 Å². The first kappa shape index (κ1) is 12.9. The molecule has 0 bridgehead atoms. The summed E-state index contributed by atoms with van der Waals surface area (Å²) in [5.74, 6) is -0.801. The Hall–Kier alpha value is -1.12. The summed E-state index contributed by atoms with van der Waals surface area (Å²) >= 11 is 0. The Morgan fingerprint density at radius 1 is 1.75 bits per heavy atom. The number of nitriles is 1. The molecule has 90 valence electrons. The molecule has 1 saturated heterocycles. The summed E-state index contributed by atoms with van der Waals surface area (Å²) in [6.07, 6.45) is 1.30. The number of hydrogen-bond donors (Lipinski definition) is 1. The molecule has 0 aromatic carbocycles. The van der Waals surface area contributed by atoms with E-state index in [0.29, 0.717) is 26.2 Å². The van der Waals surface area contributed by atoms with Crippen LogP contribution in [0.1, 0.15) is 19.8 Å². The molecule has 1 heterocycles. The highest BCUT2D eigenvalue weighted by atomic mass is 16.5. The Kier molecular flexibility index (Phi) is 4.71. The van der Waals surface area contributed by atoms with Gasteiger partial charge in [0.2, 0.25) is 5.91 Å². The third-order valence-corrected chi connectivity index (χ3v) is 2.97. The molecular formula is C11H18N2O3. The maximum Gasteiger partial charge on any atom is 0.237 e. The van der Waals surface area contributed by atoms with Crippen LogP contribution in [-0.4, -0.2) is 38.4 Å². The smallest absolute Gasteiger partial charge is 0.237 e. The third kappa shape index (κ3) is 2.94. The van der Waals surface area contributed by atoms with Crippen LogP contribution in [0.5, 0.6) is 0 Å². The minimum atomic E-state index is -0.573. The van der Waals surface area contributed by atoms with Crippen LogP contribution in [0.25, 0.3) is 0 Å². The number of amides is 1. The van der Waals surface area contributed by atoms with Crippen molar-refractivity contribution in [2.45, 2.75) is 25.4 Å². The number of nitrogens with zero attached hydrogens (tertiary/aromatic N) is 1. The maximum absolute atomic E-state index is 11.6. The fraction of sp³-hybridized carbons (Fsp3) is 0.818. The highest BCUT2D eigenvalue weighted by Gasteiger charge is 2.35. The minimum absolute atomic E-state index is 0.228. The van der Waals surface area contributed by atoms with Crippen molar-refractivity contribution in [2.75, 3.05) is 26.9 Å². The highest BCUT2D eigenvalue weighted by Crippen LogP contribution is 2.21. The quantitative estimate of drug-likeness (QED) is 0.739. The van der Waals surface area contributed by atoms with Gasteiger partial charge in [0.05, 0.1) is 12.7 Å². The highest BCUT2D eigenvalue weighted by molar-refractivity contribution is 5.81. The molecule has 1 aliphatic heterocycles. The van der Waals surface area contributed by atoms with Crippen molar-refractivity contribution in [3.8, 4) is 6.07 Å². The average Bonchev–Trinajstić information content (AvgIpc) is 2.77. The number of methoxy groups -OCH3 is 1. The molecule has 0 radical (unpaired) electrons. The van der Waals surface area contributed by atoms with E-state index in [2.05, 4.69) is 5.32 Å². The van der Waals surface area contributed by atoms with Gasteiger partial charge in [-0.25, -0.2) is 0 Å². The van der Waals surface area contributed by atoms with Crippen LogP contribution in [0.2, 0.25) is 0 Å². The van der Waals surface area contributed by atoms with E-state index in [1.165, 1.54) is 0 Å². The zero-order valence-corrected chi connectivity index (χ0v) is 9.78. The fourth-order valence-electron chi connectivity index (χ4n) is 1.67. The second-order valence-electron chi connectivity index (χ2n) is 4.00. The van der Waals surface area contributed by atoms with E-state index in [4.69, 9.17) is 14.7 Å². The Bertz CT molecular complexity index is 279. The molecule has 1 fully saturated rings. The van der Waals surface area contributed by atoms with E-state index < -0.39 is 11.5 Å². The standard InChI is InChI=1S/C11H18N2O3/c1-3-9(6-12)10(14)13-7-11(15-2)4-5-16-8-11/h9H,3-5,7-8H2,1-2H3,(H,13,14). The molecule has 0 aromatic heterocycles. The fourth-order valence-corrected chi connectivity index (χ4v) is 1.67. The number of carbonyl (C=O) groups is 1. The second kappa shape index (κ2) is 5.83. The van der Waals surface area contributed by atoms with Gasteiger partial charge in [-0.3, -0.25) is 4.79 Å². The van der Waals surface area contributed by atoms with Crippen molar-refractivity contribution < 1.29 is 14.3 Å². The van der Waals surface area contributed by atoms with Gasteiger partial charge < -0.3 is 14.8 Å². The first-order chi connectivity index (χ1) is 7.67. The summed E-state index contributed by atoms with van der Waals surface area (Å²) < 4.78 is 10.6. The summed E-state index contributed by atoms with van der Waals surface area (Å²) in [7, 11) is 1.61. The molecule has 0 aromatic rings. The number of rotatable bonds is 5. The van der Waals surface area contributed by atoms with E-state index in [-0.39, 0.29) is 5.91 Å².